The van der Waals surface area contributed by atoms with E-state index >= 15 is 0 Å². The van der Waals surface area contributed by atoms with Gasteiger partial charge in [0.25, 0.3) is 5.91 Å². The maximum absolute atomic E-state index is 11.7. The van der Waals surface area contributed by atoms with E-state index in [2.05, 4.69) is 10.3 Å². The van der Waals surface area contributed by atoms with Crippen LogP contribution in [0, 0.1) is 0 Å². The second-order valence-electron chi connectivity index (χ2n) is 3.55. The summed E-state index contributed by atoms with van der Waals surface area (Å²) in [6.45, 7) is 0.299. The van der Waals surface area contributed by atoms with Crippen LogP contribution in [0.25, 0.3) is 0 Å². The Kier molecular flexibility index (Phi) is 3.35. The Balaban J connectivity index is 2.00. The molecular weight excluding hydrogens is 216 g/mol. The smallest absolute Gasteiger partial charge is 0.251 e. The molecule has 0 radical (unpaired) electrons. The molecule has 2 aromatic rings. The number of para-hydroxylation sites is 1. The predicted molar refractivity (Wildman–Crippen MR) is 63.5 cm³/mol. The van der Waals surface area contributed by atoms with Crippen molar-refractivity contribution in [2.24, 2.45) is 0 Å². The van der Waals surface area contributed by atoms with E-state index in [4.69, 9.17) is 0 Å². The van der Waals surface area contributed by atoms with Crippen LogP contribution >= 0.6 is 0 Å². The molecule has 0 aliphatic heterocycles. The van der Waals surface area contributed by atoms with Gasteiger partial charge in [-0.15, -0.1) is 0 Å². The molecule has 0 bridgehead atoms. The molecular formula is C13H12N2O2. The average Bonchev–Trinajstić information content (AvgIpc) is 2.38. The van der Waals surface area contributed by atoms with Crippen LogP contribution in [-0.4, -0.2) is 16.0 Å². The molecule has 17 heavy (non-hydrogen) atoms. The van der Waals surface area contributed by atoms with Crippen molar-refractivity contribution >= 4 is 5.91 Å². The summed E-state index contributed by atoms with van der Waals surface area (Å²) in [5, 5.41) is 12.3. The summed E-state index contributed by atoms with van der Waals surface area (Å²) in [5.74, 6) is -0.00168. The normalized spacial score (nSPS) is 9.88. The number of pyridine rings is 1. The van der Waals surface area contributed by atoms with E-state index in [-0.39, 0.29) is 11.7 Å². The molecule has 0 aliphatic carbocycles. The number of phenolic OH excluding ortho intramolecular Hbond substituents is 1. The van der Waals surface area contributed by atoms with E-state index in [1.807, 2.05) is 6.07 Å². The summed E-state index contributed by atoms with van der Waals surface area (Å²) >= 11 is 0. The zero-order valence-corrected chi connectivity index (χ0v) is 9.13. The number of phenols is 1. The molecule has 0 saturated heterocycles. The van der Waals surface area contributed by atoms with Gasteiger partial charge in [0, 0.05) is 30.1 Å². The van der Waals surface area contributed by atoms with Gasteiger partial charge in [0.1, 0.15) is 5.75 Å². The molecule has 4 nitrogen and oxygen atoms in total. The molecule has 2 rings (SSSR count). The van der Waals surface area contributed by atoms with Gasteiger partial charge in [-0.25, -0.2) is 0 Å². The number of nitrogens with zero attached hydrogens (tertiary/aromatic N) is 1. The van der Waals surface area contributed by atoms with Crippen LogP contribution < -0.4 is 5.32 Å². The van der Waals surface area contributed by atoms with Crippen molar-refractivity contribution < 1.29 is 9.90 Å². The SMILES string of the molecule is O=C(NCc1ccccc1O)c1ccncc1. The highest BCUT2D eigenvalue weighted by Crippen LogP contribution is 2.14. The molecule has 0 saturated carbocycles. The standard InChI is InChI=1S/C13H12N2O2/c16-12-4-2-1-3-11(12)9-15-13(17)10-5-7-14-8-6-10/h1-8,16H,9H2,(H,15,17). The Bertz CT molecular complexity index is 512. The molecule has 1 aromatic carbocycles. The van der Waals surface area contributed by atoms with E-state index in [0.29, 0.717) is 17.7 Å². The second-order valence-corrected chi connectivity index (χ2v) is 3.55. The first-order chi connectivity index (χ1) is 8.27. The highest BCUT2D eigenvalue weighted by molar-refractivity contribution is 5.93. The number of benzene rings is 1. The fourth-order valence-electron chi connectivity index (χ4n) is 1.44. The van der Waals surface area contributed by atoms with Crippen molar-refractivity contribution in [1.29, 1.82) is 0 Å². The second kappa shape index (κ2) is 5.12. The fraction of sp³-hybridized carbons (Fsp3) is 0.0769. The third kappa shape index (κ3) is 2.81. The molecule has 1 aromatic heterocycles. The molecule has 0 unspecified atom stereocenters. The number of hydrogen-bond acceptors (Lipinski definition) is 3. The van der Waals surface area contributed by atoms with E-state index in [0.717, 1.165) is 0 Å². The van der Waals surface area contributed by atoms with Gasteiger partial charge in [0.15, 0.2) is 0 Å². The molecule has 1 amide bonds. The van der Waals surface area contributed by atoms with Gasteiger partial charge in [0.2, 0.25) is 0 Å². The zero-order chi connectivity index (χ0) is 12.1. The summed E-state index contributed by atoms with van der Waals surface area (Å²) in [5.41, 5.74) is 1.24. The van der Waals surface area contributed by atoms with Crippen LogP contribution in [0.15, 0.2) is 48.8 Å². The number of aromatic nitrogens is 1. The quantitative estimate of drug-likeness (QED) is 0.840. The van der Waals surface area contributed by atoms with E-state index in [1.54, 1.807) is 42.7 Å². The number of nitrogens with one attached hydrogen (secondary N) is 1. The first-order valence-electron chi connectivity index (χ1n) is 5.22. The molecule has 0 spiro atoms. The summed E-state index contributed by atoms with van der Waals surface area (Å²) in [4.78, 5) is 15.5. The fourth-order valence-corrected chi connectivity index (χ4v) is 1.44. The van der Waals surface area contributed by atoms with Gasteiger partial charge in [-0.3, -0.25) is 9.78 Å². The maximum atomic E-state index is 11.7. The molecule has 0 atom stereocenters. The molecule has 1 heterocycles. The Labute approximate surface area is 98.9 Å². The average molecular weight is 228 g/mol. The van der Waals surface area contributed by atoms with Crippen LogP contribution in [0.1, 0.15) is 15.9 Å². The van der Waals surface area contributed by atoms with Gasteiger partial charge < -0.3 is 10.4 Å². The minimum Gasteiger partial charge on any atom is -0.508 e. The molecule has 0 fully saturated rings. The zero-order valence-electron chi connectivity index (χ0n) is 9.13. The maximum Gasteiger partial charge on any atom is 0.251 e. The number of hydrogen-bond donors (Lipinski definition) is 2. The Morgan fingerprint density at radius 1 is 1.18 bits per heavy atom. The van der Waals surface area contributed by atoms with Crippen molar-refractivity contribution in [3.05, 3.63) is 59.9 Å². The summed E-state index contributed by atoms with van der Waals surface area (Å²) in [6.07, 6.45) is 3.13. The summed E-state index contributed by atoms with van der Waals surface area (Å²) < 4.78 is 0. The minimum atomic E-state index is -0.185. The van der Waals surface area contributed by atoms with Crippen molar-refractivity contribution in [3.63, 3.8) is 0 Å². The van der Waals surface area contributed by atoms with Crippen molar-refractivity contribution in [3.8, 4) is 5.75 Å². The topological polar surface area (TPSA) is 62.2 Å². The van der Waals surface area contributed by atoms with Gasteiger partial charge in [-0.2, -0.15) is 0 Å². The number of carbonyl (C=O) groups is 1. The van der Waals surface area contributed by atoms with Gasteiger partial charge in [-0.05, 0) is 18.2 Å². The number of rotatable bonds is 3. The van der Waals surface area contributed by atoms with Crippen LogP contribution in [0.5, 0.6) is 5.75 Å². The van der Waals surface area contributed by atoms with Crippen LogP contribution in [-0.2, 0) is 6.54 Å². The predicted octanol–water partition coefficient (Wildman–Crippen LogP) is 1.72. The third-order valence-corrected chi connectivity index (χ3v) is 2.37. The first-order valence-corrected chi connectivity index (χ1v) is 5.22. The monoisotopic (exact) mass is 228 g/mol. The largest absolute Gasteiger partial charge is 0.508 e. The summed E-state index contributed by atoms with van der Waals surface area (Å²) in [7, 11) is 0. The third-order valence-electron chi connectivity index (χ3n) is 2.37. The number of carbonyl (C=O) groups excluding carboxylic acids is 1. The first kappa shape index (κ1) is 11.1. The Morgan fingerprint density at radius 3 is 2.59 bits per heavy atom. The lowest BCUT2D eigenvalue weighted by atomic mass is 10.2. The Hall–Kier alpha value is -2.36. The highest BCUT2D eigenvalue weighted by Gasteiger charge is 2.05. The van der Waals surface area contributed by atoms with Gasteiger partial charge >= 0.3 is 0 Å². The van der Waals surface area contributed by atoms with Crippen LogP contribution in [0.3, 0.4) is 0 Å². The number of aromatic hydroxyl groups is 1. The van der Waals surface area contributed by atoms with E-state index < -0.39 is 0 Å². The molecule has 2 N–H and O–H groups in total. The Morgan fingerprint density at radius 2 is 1.88 bits per heavy atom. The van der Waals surface area contributed by atoms with E-state index in [1.165, 1.54) is 0 Å². The van der Waals surface area contributed by atoms with Gasteiger partial charge in [0.05, 0.1) is 0 Å². The van der Waals surface area contributed by atoms with Crippen LogP contribution in [0.2, 0.25) is 0 Å². The number of amides is 1. The van der Waals surface area contributed by atoms with Crippen molar-refractivity contribution in [2.45, 2.75) is 6.54 Å². The highest BCUT2D eigenvalue weighted by atomic mass is 16.3. The van der Waals surface area contributed by atoms with Crippen LogP contribution in [0.4, 0.5) is 0 Å². The molecule has 4 heteroatoms. The lowest BCUT2D eigenvalue weighted by Crippen LogP contribution is -2.22. The van der Waals surface area contributed by atoms with Crippen molar-refractivity contribution in [2.75, 3.05) is 0 Å². The van der Waals surface area contributed by atoms with E-state index in [9.17, 15) is 9.90 Å². The summed E-state index contributed by atoms with van der Waals surface area (Å²) in [6, 6.07) is 10.2. The van der Waals surface area contributed by atoms with Crippen molar-refractivity contribution in [1.82, 2.24) is 10.3 Å². The molecule has 86 valence electrons. The molecule has 0 aliphatic rings. The lowest BCUT2D eigenvalue weighted by Gasteiger charge is -2.06. The van der Waals surface area contributed by atoms with Gasteiger partial charge in [-0.1, -0.05) is 18.2 Å². The lowest BCUT2D eigenvalue weighted by molar-refractivity contribution is 0.0950. The minimum absolute atomic E-state index is 0.183.